The number of anilines is 1. The summed E-state index contributed by atoms with van der Waals surface area (Å²) in [6.45, 7) is 3.78. The number of carbonyl (C=O) groups excluding carboxylic acids is 1. The minimum Gasteiger partial charge on any atom is -0.438 e. The van der Waals surface area contributed by atoms with E-state index in [0.717, 1.165) is 23.1 Å². The number of ether oxygens (including phenoxy) is 1. The molecule has 0 aliphatic heterocycles. The third kappa shape index (κ3) is 3.22. The zero-order chi connectivity index (χ0) is 17.4. The summed E-state index contributed by atoms with van der Waals surface area (Å²) < 4.78 is 6.07. The number of hydrogen-bond donors (Lipinski definition) is 1. The molecule has 0 saturated carbocycles. The fourth-order valence-electron chi connectivity index (χ4n) is 3.28. The molecule has 1 aliphatic carbocycles. The molecule has 3 aromatic rings. The Morgan fingerprint density at radius 1 is 1.36 bits per heavy atom. The first-order valence-corrected chi connectivity index (χ1v) is 9.22. The van der Waals surface area contributed by atoms with Gasteiger partial charge in [-0.05, 0) is 42.9 Å². The van der Waals surface area contributed by atoms with Crippen LogP contribution in [0.25, 0.3) is 10.2 Å². The van der Waals surface area contributed by atoms with E-state index in [9.17, 15) is 4.79 Å². The quantitative estimate of drug-likeness (QED) is 0.749. The number of thiophene rings is 1. The molecule has 1 atom stereocenters. The molecular formula is C19H19N3O2S. The van der Waals surface area contributed by atoms with Gasteiger partial charge in [-0.1, -0.05) is 13.0 Å². The number of aromatic nitrogens is 2. The predicted octanol–water partition coefficient (Wildman–Crippen LogP) is 4.57. The Kier molecular flexibility index (Phi) is 4.13. The van der Waals surface area contributed by atoms with Crippen LogP contribution in [0.4, 0.5) is 5.69 Å². The van der Waals surface area contributed by atoms with Crippen LogP contribution in [0.2, 0.25) is 0 Å². The third-order valence-electron chi connectivity index (χ3n) is 4.43. The zero-order valence-electron chi connectivity index (χ0n) is 14.2. The van der Waals surface area contributed by atoms with Gasteiger partial charge in [-0.15, -0.1) is 11.3 Å². The Labute approximate surface area is 150 Å². The van der Waals surface area contributed by atoms with Gasteiger partial charge in [-0.3, -0.25) is 4.79 Å². The highest BCUT2D eigenvalue weighted by Crippen LogP contribution is 2.41. The first-order chi connectivity index (χ1) is 12.1. The third-order valence-corrected chi connectivity index (χ3v) is 5.59. The lowest BCUT2D eigenvalue weighted by Gasteiger charge is -2.18. The van der Waals surface area contributed by atoms with Gasteiger partial charge < -0.3 is 10.1 Å². The Bertz CT molecular complexity index is 951. The van der Waals surface area contributed by atoms with Crippen molar-refractivity contribution < 1.29 is 9.53 Å². The molecule has 2 heterocycles. The van der Waals surface area contributed by atoms with Crippen LogP contribution in [-0.2, 0) is 17.6 Å². The van der Waals surface area contributed by atoms with E-state index in [4.69, 9.17) is 4.74 Å². The number of nitrogens with zero attached hydrogens (tertiary/aromatic N) is 2. The summed E-state index contributed by atoms with van der Waals surface area (Å²) in [5, 5.41) is 3.81. The fraction of sp³-hybridized carbons (Fsp3) is 0.316. The van der Waals surface area contributed by atoms with E-state index in [2.05, 4.69) is 22.2 Å². The first-order valence-electron chi connectivity index (χ1n) is 8.41. The Morgan fingerprint density at radius 3 is 3.08 bits per heavy atom. The summed E-state index contributed by atoms with van der Waals surface area (Å²) in [5.74, 6) is 1.85. The topological polar surface area (TPSA) is 64.1 Å². The second kappa shape index (κ2) is 6.44. The van der Waals surface area contributed by atoms with Crippen molar-refractivity contribution in [2.24, 2.45) is 5.92 Å². The molecule has 25 heavy (non-hydrogen) atoms. The number of amides is 1. The normalized spacial score (nSPS) is 16.5. The predicted molar refractivity (Wildman–Crippen MR) is 99.4 cm³/mol. The molecule has 0 radical (unpaired) electrons. The lowest BCUT2D eigenvalue weighted by molar-refractivity contribution is -0.114. The minimum absolute atomic E-state index is 0.109. The number of carbonyl (C=O) groups is 1. The highest BCUT2D eigenvalue weighted by molar-refractivity contribution is 7.18. The van der Waals surface area contributed by atoms with Crippen LogP contribution in [-0.4, -0.2) is 15.9 Å². The van der Waals surface area contributed by atoms with E-state index in [-0.39, 0.29) is 5.91 Å². The van der Waals surface area contributed by atoms with Crippen molar-refractivity contribution in [2.45, 2.75) is 33.1 Å². The van der Waals surface area contributed by atoms with Crippen LogP contribution in [0.1, 0.15) is 30.7 Å². The van der Waals surface area contributed by atoms with Crippen LogP contribution >= 0.6 is 11.3 Å². The highest BCUT2D eigenvalue weighted by Gasteiger charge is 2.23. The van der Waals surface area contributed by atoms with Crippen LogP contribution in [0, 0.1) is 5.92 Å². The van der Waals surface area contributed by atoms with E-state index in [1.165, 1.54) is 23.8 Å². The van der Waals surface area contributed by atoms with Crippen molar-refractivity contribution >= 4 is 33.1 Å². The Morgan fingerprint density at radius 2 is 2.24 bits per heavy atom. The number of fused-ring (bicyclic) bond motifs is 3. The van der Waals surface area contributed by atoms with Crippen molar-refractivity contribution in [3.8, 4) is 11.6 Å². The van der Waals surface area contributed by atoms with Crippen molar-refractivity contribution in [3.63, 3.8) is 0 Å². The highest BCUT2D eigenvalue weighted by atomic mass is 32.1. The van der Waals surface area contributed by atoms with Gasteiger partial charge in [0, 0.05) is 23.6 Å². The molecule has 5 nitrogen and oxygen atoms in total. The first kappa shape index (κ1) is 16.0. The van der Waals surface area contributed by atoms with Crippen molar-refractivity contribution in [1.29, 1.82) is 0 Å². The molecule has 0 fully saturated rings. The second-order valence-electron chi connectivity index (χ2n) is 6.52. The van der Waals surface area contributed by atoms with Crippen molar-refractivity contribution in [1.82, 2.24) is 9.97 Å². The number of hydrogen-bond acceptors (Lipinski definition) is 5. The lowest BCUT2D eigenvalue weighted by Crippen LogP contribution is -2.08. The van der Waals surface area contributed by atoms with Gasteiger partial charge in [0.2, 0.25) is 11.8 Å². The largest absolute Gasteiger partial charge is 0.438 e. The van der Waals surface area contributed by atoms with Crippen LogP contribution in [0.15, 0.2) is 30.6 Å². The summed E-state index contributed by atoms with van der Waals surface area (Å²) in [7, 11) is 0. The monoisotopic (exact) mass is 353 g/mol. The van der Waals surface area contributed by atoms with E-state index in [1.54, 1.807) is 23.7 Å². The molecule has 4 rings (SSSR count). The maximum Gasteiger partial charge on any atom is 0.231 e. The van der Waals surface area contributed by atoms with Gasteiger partial charge in [0.15, 0.2) is 0 Å². The van der Waals surface area contributed by atoms with E-state index >= 15 is 0 Å². The Balaban J connectivity index is 1.71. The number of aryl methyl sites for hydroxylation is 1. The molecule has 1 aromatic carbocycles. The molecule has 0 bridgehead atoms. The maximum absolute atomic E-state index is 11.2. The number of nitrogens with one attached hydrogen (secondary N) is 1. The van der Waals surface area contributed by atoms with E-state index in [1.807, 2.05) is 18.2 Å². The molecule has 2 aromatic heterocycles. The van der Waals surface area contributed by atoms with Crippen LogP contribution in [0.5, 0.6) is 11.6 Å². The van der Waals surface area contributed by atoms with Crippen LogP contribution in [0.3, 0.4) is 0 Å². The molecule has 0 saturated heterocycles. The standard InChI is InChI=1S/C19H19N3O2S/c1-11-6-7-15-16(8-11)25-19-17(15)18(20-10-21-19)24-14-5-3-4-13(9-14)22-12(2)23/h3-5,9-11H,6-8H2,1-2H3,(H,22,23)/t11-/m1/s1. The lowest BCUT2D eigenvalue weighted by atomic mass is 9.89. The fourth-order valence-corrected chi connectivity index (χ4v) is 4.62. The Hall–Kier alpha value is -2.47. The number of rotatable bonds is 3. The van der Waals surface area contributed by atoms with Gasteiger partial charge in [0.05, 0.1) is 5.39 Å². The van der Waals surface area contributed by atoms with Gasteiger partial charge in [0.25, 0.3) is 0 Å². The van der Waals surface area contributed by atoms with Gasteiger partial charge in [-0.2, -0.15) is 0 Å². The minimum atomic E-state index is -0.109. The van der Waals surface area contributed by atoms with E-state index in [0.29, 0.717) is 23.2 Å². The number of benzene rings is 1. The summed E-state index contributed by atoms with van der Waals surface area (Å²) in [4.78, 5) is 22.5. The molecule has 1 N–H and O–H groups in total. The molecule has 0 unspecified atom stereocenters. The van der Waals surface area contributed by atoms with Crippen molar-refractivity contribution in [2.75, 3.05) is 5.32 Å². The van der Waals surface area contributed by atoms with Gasteiger partial charge in [0.1, 0.15) is 16.9 Å². The molecule has 128 valence electrons. The second-order valence-corrected chi connectivity index (χ2v) is 7.61. The SMILES string of the molecule is CC(=O)Nc1cccc(Oc2ncnc3sc4c(c23)CC[C@@H](C)C4)c1. The summed E-state index contributed by atoms with van der Waals surface area (Å²) in [5.41, 5.74) is 2.04. The summed E-state index contributed by atoms with van der Waals surface area (Å²) >= 11 is 1.75. The van der Waals surface area contributed by atoms with E-state index < -0.39 is 0 Å². The smallest absolute Gasteiger partial charge is 0.231 e. The van der Waals surface area contributed by atoms with Crippen molar-refractivity contribution in [3.05, 3.63) is 41.0 Å². The molecule has 0 spiro atoms. The summed E-state index contributed by atoms with van der Waals surface area (Å²) in [6.07, 6.45) is 4.89. The van der Waals surface area contributed by atoms with Crippen LogP contribution < -0.4 is 10.1 Å². The summed E-state index contributed by atoms with van der Waals surface area (Å²) in [6, 6.07) is 7.35. The zero-order valence-corrected chi connectivity index (χ0v) is 15.0. The van der Waals surface area contributed by atoms with Gasteiger partial charge >= 0.3 is 0 Å². The molecular weight excluding hydrogens is 334 g/mol. The average molecular weight is 353 g/mol. The molecule has 1 amide bonds. The molecule has 6 heteroatoms. The average Bonchev–Trinajstić information content (AvgIpc) is 2.93. The van der Waals surface area contributed by atoms with Gasteiger partial charge in [-0.25, -0.2) is 9.97 Å². The molecule has 1 aliphatic rings. The maximum atomic E-state index is 11.2.